The van der Waals surface area contributed by atoms with Crippen LogP contribution in [0.25, 0.3) is 0 Å². The monoisotopic (exact) mass is 271 g/mol. The quantitative estimate of drug-likeness (QED) is 0.828. The van der Waals surface area contributed by atoms with Gasteiger partial charge < -0.3 is 5.32 Å². The van der Waals surface area contributed by atoms with Crippen molar-refractivity contribution >= 4 is 0 Å². The maximum absolute atomic E-state index is 3.82. The zero-order valence-electron chi connectivity index (χ0n) is 13.2. The van der Waals surface area contributed by atoms with Crippen molar-refractivity contribution < 1.29 is 0 Å². The molecule has 0 radical (unpaired) electrons. The Kier molecular flexibility index (Phi) is 4.16. The van der Waals surface area contributed by atoms with Crippen LogP contribution in [0, 0.1) is 19.3 Å². The van der Waals surface area contributed by atoms with Crippen LogP contribution in [-0.2, 0) is 6.42 Å². The Morgan fingerprint density at radius 2 is 1.65 bits per heavy atom. The summed E-state index contributed by atoms with van der Waals surface area (Å²) in [5, 5.41) is 3.82. The van der Waals surface area contributed by atoms with Crippen LogP contribution in [0.1, 0.15) is 61.6 Å². The number of rotatable bonds is 5. The van der Waals surface area contributed by atoms with Gasteiger partial charge in [0, 0.05) is 12.6 Å². The van der Waals surface area contributed by atoms with Crippen molar-refractivity contribution in [1.29, 1.82) is 0 Å². The second-order valence-corrected chi connectivity index (χ2v) is 7.39. The molecule has 3 rings (SSSR count). The van der Waals surface area contributed by atoms with Gasteiger partial charge in [0.2, 0.25) is 0 Å². The summed E-state index contributed by atoms with van der Waals surface area (Å²) in [6.07, 6.45) is 11.2. The van der Waals surface area contributed by atoms with Crippen molar-refractivity contribution in [2.24, 2.45) is 5.41 Å². The molecule has 1 N–H and O–H groups in total. The smallest absolute Gasteiger partial charge is 0.00684 e. The van der Waals surface area contributed by atoms with Gasteiger partial charge in [-0.3, -0.25) is 0 Å². The largest absolute Gasteiger partial charge is 0.313 e. The number of aryl methyl sites for hydroxylation is 2. The molecule has 0 heterocycles. The Morgan fingerprint density at radius 1 is 1.00 bits per heavy atom. The van der Waals surface area contributed by atoms with E-state index >= 15 is 0 Å². The first-order valence-electron chi connectivity index (χ1n) is 8.46. The minimum atomic E-state index is 0.529. The van der Waals surface area contributed by atoms with Crippen LogP contribution in [0.5, 0.6) is 0 Å². The van der Waals surface area contributed by atoms with Crippen molar-refractivity contribution in [3.05, 3.63) is 34.9 Å². The normalized spacial score (nSPS) is 21.9. The summed E-state index contributed by atoms with van der Waals surface area (Å²) in [7, 11) is 0. The van der Waals surface area contributed by atoms with Crippen LogP contribution in [0.2, 0.25) is 0 Å². The van der Waals surface area contributed by atoms with Crippen LogP contribution in [0.4, 0.5) is 0 Å². The SMILES string of the molecule is Cc1cc(C)cc(CC2(CNC3CC3)CCCCC2)c1. The fourth-order valence-electron chi connectivity index (χ4n) is 3.97. The van der Waals surface area contributed by atoms with Crippen molar-refractivity contribution in [2.75, 3.05) is 6.54 Å². The fourth-order valence-corrected chi connectivity index (χ4v) is 3.97. The van der Waals surface area contributed by atoms with E-state index in [4.69, 9.17) is 0 Å². The molecule has 0 aliphatic heterocycles. The Bertz CT molecular complexity index is 433. The van der Waals surface area contributed by atoms with Gasteiger partial charge in [-0.1, -0.05) is 48.6 Å². The van der Waals surface area contributed by atoms with E-state index in [1.807, 2.05) is 0 Å². The Hall–Kier alpha value is -0.820. The van der Waals surface area contributed by atoms with Crippen LogP contribution >= 0.6 is 0 Å². The molecule has 0 saturated heterocycles. The molecule has 0 bridgehead atoms. The van der Waals surface area contributed by atoms with Gasteiger partial charge in [-0.2, -0.15) is 0 Å². The molecule has 0 spiro atoms. The third-order valence-corrected chi connectivity index (χ3v) is 5.12. The van der Waals surface area contributed by atoms with Gasteiger partial charge in [0.15, 0.2) is 0 Å². The highest BCUT2D eigenvalue weighted by atomic mass is 15.0. The molecule has 2 fully saturated rings. The zero-order chi connectivity index (χ0) is 14.0. The van der Waals surface area contributed by atoms with Gasteiger partial charge >= 0.3 is 0 Å². The first-order valence-corrected chi connectivity index (χ1v) is 8.46. The third kappa shape index (κ3) is 3.63. The lowest BCUT2D eigenvalue weighted by Gasteiger charge is -2.38. The van der Waals surface area contributed by atoms with Gasteiger partial charge in [-0.15, -0.1) is 0 Å². The summed E-state index contributed by atoms with van der Waals surface area (Å²) in [6.45, 7) is 5.70. The first kappa shape index (κ1) is 14.1. The summed E-state index contributed by atoms with van der Waals surface area (Å²) in [6, 6.07) is 7.94. The molecule has 20 heavy (non-hydrogen) atoms. The lowest BCUT2D eigenvalue weighted by Crippen LogP contribution is -2.38. The molecule has 0 amide bonds. The van der Waals surface area contributed by atoms with E-state index in [9.17, 15) is 0 Å². The number of benzene rings is 1. The average molecular weight is 271 g/mol. The van der Waals surface area contributed by atoms with Crippen molar-refractivity contribution in [2.45, 2.75) is 71.3 Å². The highest BCUT2D eigenvalue weighted by Crippen LogP contribution is 2.39. The van der Waals surface area contributed by atoms with Crippen molar-refractivity contribution in [3.8, 4) is 0 Å². The molecule has 0 aromatic heterocycles. The molecule has 0 unspecified atom stereocenters. The summed E-state index contributed by atoms with van der Waals surface area (Å²) < 4.78 is 0. The minimum Gasteiger partial charge on any atom is -0.313 e. The molecule has 1 heteroatoms. The minimum absolute atomic E-state index is 0.529. The van der Waals surface area contributed by atoms with E-state index in [-0.39, 0.29) is 0 Å². The maximum atomic E-state index is 3.82. The topological polar surface area (TPSA) is 12.0 Å². The fraction of sp³-hybridized carbons (Fsp3) is 0.684. The molecule has 1 aromatic carbocycles. The predicted molar refractivity (Wildman–Crippen MR) is 86.2 cm³/mol. The van der Waals surface area contributed by atoms with Gasteiger partial charge in [0.1, 0.15) is 0 Å². The molecule has 110 valence electrons. The summed E-state index contributed by atoms with van der Waals surface area (Å²) in [5.41, 5.74) is 4.92. The van der Waals surface area contributed by atoms with Gasteiger partial charge in [0.05, 0.1) is 0 Å². The van der Waals surface area contributed by atoms with Crippen molar-refractivity contribution in [3.63, 3.8) is 0 Å². The summed E-state index contributed by atoms with van der Waals surface area (Å²) in [4.78, 5) is 0. The van der Waals surface area contributed by atoms with E-state index in [1.165, 1.54) is 69.0 Å². The first-order chi connectivity index (χ1) is 9.65. The third-order valence-electron chi connectivity index (χ3n) is 5.12. The predicted octanol–water partition coefficient (Wildman–Crippen LogP) is 4.55. The van der Waals surface area contributed by atoms with Crippen LogP contribution in [0.15, 0.2) is 18.2 Å². The van der Waals surface area contributed by atoms with Gasteiger partial charge in [0.25, 0.3) is 0 Å². The van der Waals surface area contributed by atoms with E-state index in [0.717, 1.165) is 6.04 Å². The maximum Gasteiger partial charge on any atom is 0.00684 e. The highest BCUT2D eigenvalue weighted by Gasteiger charge is 2.34. The van der Waals surface area contributed by atoms with Gasteiger partial charge in [-0.05, 0) is 56.9 Å². The molecular formula is C19H29N. The number of hydrogen-bond donors (Lipinski definition) is 1. The number of hydrogen-bond acceptors (Lipinski definition) is 1. The second kappa shape index (κ2) is 5.89. The Balaban J connectivity index is 1.73. The van der Waals surface area contributed by atoms with Gasteiger partial charge in [-0.25, -0.2) is 0 Å². The van der Waals surface area contributed by atoms with Crippen LogP contribution in [-0.4, -0.2) is 12.6 Å². The molecule has 1 nitrogen and oxygen atoms in total. The standard InChI is InChI=1S/C19H29N/c1-15-10-16(2)12-17(11-15)13-19(8-4-3-5-9-19)14-20-18-6-7-18/h10-12,18,20H,3-9,13-14H2,1-2H3. The summed E-state index contributed by atoms with van der Waals surface area (Å²) >= 11 is 0. The lowest BCUT2D eigenvalue weighted by atomic mass is 9.70. The van der Waals surface area contributed by atoms with E-state index in [1.54, 1.807) is 5.56 Å². The van der Waals surface area contributed by atoms with Crippen molar-refractivity contribution in [1.82, 2.24) is 5.32 Å². The van der Waals surface area contributed by atoms with Crippen LogP contribution < -0.4 is 5.32 Å². The van der Waals surface area contributed by atoms with Crippen LogP contribution in [0.3, 0.4) is 0 Å². The molecule has 0 atom stereocenters. The van der Waals surface area contributed by atoms with E-state index in [2.05, 4.69) is 37.4 Å². The zero-order valence-corrected chi connectivity index (χ0v) is 13.2. The molecule has 2 saturated carbocycles. The van der Waals surface area contributed by atoms with E-state index < -0.39 is 0 Å². The molecule has 1 aromatic rings. The number of nitrogens with one attached hydrogen (secondary N) is 1. The van der Waals surface area contributed by atoms with E-state index in [0.29, 0.717) is 5.41 Å². The Labute approximate surface area is 124 Å². The summed E-state index contributed by atoms with van der Waals surface area (Å²) in [5.74, 6) is 0. The molecular weight excluding hydrogens is 242 g/mol. The second-order valence-electron chi connectivity index (χ2n) is 7.39. The molecule has 2 aliphatic carbocycles. The lowest BCUT2D eigenvalue weighted by molar-refractivity contribution is 0.180. The molecule has 2 aliphatic rings. The Morgan fingerprint density at radius 3 is 2.25 bits per heavy atom. The highest BCUT2D eigenvalue weighted by molar-refractivity contribution is 5.29. The average Bonchev–Trinajstić information content (AvgIpc) is 3.20.